The number of amides is 3. The first kappa shape index (κ1) is 66.5. The first-order valence-electron chi connectivity index (χ1n) is 32.0. The summed E-state index contributed by atoms with van der Waals surface area (Å²) in [6, 6.07) is 22.4. The second-order valence-electron chi connectivity index (χ2n) is 25.3. The molecule has 98 heavy (non-hydrogen) atoms. The van der Waals surface area contributed by atoms with Crippen molar-refractivity contribution < 1.29 is 63.0 Å². The van der Waals surface area contributed by atoms with Crippen LogP contribution in [0.2, 0.25) is 0 Å². The lowest BCUT2D eigenvalue weighted by molar-refractivity contribution is -0.138. The van der Waals surface area contributed by atoms with Crippen molar-refractivity contribution in [3.8, 4) is 28.6 Å². The monoisotopic (exact) mass is 1360 g/mol. The summed E-state index contributed by atoms with van der Waals surface area (Å²) in [4.78, 5) is 72.7. The third kappa shape index (κ3) is 13.7. The fourth-order valence-electron chi connectivity index (χ4n) is 15.2. The van der Waals surface area contributed by atoms with E-state index in [0.29, 0.717) is 64.7 Å². The summed E-state index contributed by atoms with van der Waals surface area (Å²) in [5.41, 5.74) is 2.05. The van der Waals surface area contributed by atoms with Crippen molar-refractivity contribution in [2.24, 2.45) is 17.8 Å². The minimum Gasteiger partial charge on any atom is -0.497 e. The Morgan fingerprint density at radius 3 is 1.43 bits per heavy atom. The lowest BCUT2D eigenvalue weighted by Crippen LogP contribution is -2.37. The van der Waals surface area contributed by atoms with Gasteiger partial charge in [0.1, 0.15) is 17.3 Å². The molecular weight excluding hydrogens is 1290 g/mol. The second kappa shape index (κ2) is 27.1. The molecule has 29 heteroatoms. The number of alkyl halides is 9. The van der Waals surface area contributed by atoms with Gasteiger partial charge in [-0.25, -0.2) is 24.0 Å². The molecule has 508 valence electrons. The Labute approximate surface area is 554 Å². The van der Waals surface area contributed by atoms with Crippen molar-refractivity contribution in [1.29, 1.82) is 0 Å². The fourth-order valence-corrected chi connectivity index (χ4v) is 15.2. The van der Waals surface area contributed by atoms with Gasteiger partial charge in [0.05, 0.1) is 70.8 Å². The Kier molecular flexibility index (Phi) is 18.4. The molecule has 15 rings (SSSR count). The summed E-state index contributed by atoms with van der Waals surface area (Å²) < 4.78 is 137. The number of benzene rings is 2. The highest BCUT2D eigenvalue weighted by Crippen LogP contribution is 2.48. The van der Waals surface area contributed by atoms with Crippen LogP contribution in [0.4, 0.5) is 43.9 Å². The Balaban J connectivity index is 0.000000132. The zero-order chi connectivity index (χ0) is 68.8. The van der Waals surface area contributed by atoms with Crippen LogP contribution in [0.1, 0.15) is 128 Å². The van der Waals surface area contributed by atoms with E-state index in [1.807, 2.05) is 21.6 Å². The van der Waals surface area contributed by atoms with Crippen molar-refractivity contribution in [2.45, 2.75) is 139 Å². The van der Waals surface area contributed by atoms with Gasteiger partial charge in [0.25, 0.3) is 17.7 Å². The summed E-state index contributed by atoms with van der Waals surface area (Å²) in [5.74, 6) is 0.555. The normalized spacial score (nSPS) is 22.2. The molecular formula is C69H63F10N15O4. The van der Waals surface area contributed by atoms with Gasteiger partial charge in [-0.2, -0.15) is 54.5 Å². The van der Waals surface area contributed by atoms with Crippen LogP contribution in [0.3, 0.4) is 0 Å². The zero-order valence-corrected chi connectivity index (χ0v) is 52.7. The highest BCUT2D eigenvalue weighted by Gasteiger charge is 2.52. The maximum Gasteiger partial charge on any atom is 0.417 e. The topological polar surface area (TPSA) is 209 Å². The molecule has 0 aliphatic carbocycles. The van der Waals surface area contributed by atoms with Crippen LogP contribution in [0, 0.1) is 30.5 Å². The number of carbonyl (C=O) groups excluding carboxylic acids is 3. The Hall–Kier alpha value is -10.1. The number of carbonyl (C=O) groups is 3. The molecule has 6 aliphatic heterocycles. The predicted octanol–water partition coefficient (Wildman–Crippen LogP) is 12.5. The maximum atomic E-state index is 14.7. The molecule has 6 fully saturated rings. The third-order valence-electron chi connectivity index (χ3n) is 19.6. The third-order valence-corrected chi connectivity index (χ3v) is 19.6. The molecule has 13 heterocycles. The maximum absolute atomic E-state index is 14.7. The van der Waals surface area contributed by atoms with Crippen molar-refractivity contribution in [1.82, 2.24) is 74.6 Å². The first-order chi connectivity index (χ1) is 47.0. The largest absolute Gasteiger partial charge is 0.497 e. The molecule has 0 N–H and O–H groups in total. The van der Waals surface area contributed by atoms with Crippen LogP contribution >= 0.6 is 0 Å². The number of hydrogen-bond donors (Lipinski definition) is 0. The van der Waals surface area contributed by atoms with E-state index in [1.165, 1.54) is 58.4 Å². The van der Waals surface area contributed by atoms with E-state index >= 15 is 0 Å². The lowest BCUT2D eigenvalue weighted by atomic mass is 9.86. The Morgan fingerprint density at radius 1 is 0.520 bits per heavy atom. The van der Waals surface area contributed by atoms with E-state index in [0.717, 1.165) is 100 Å². The van der Waals surface area contributed by atoms with Crippen molar-refractivity contribution >= 4 is 17.7 Å². The van der Waals surface area contributed by atoms with Crippen molar-refractivity contribution in [2.75, 3.05) is 7.11 Å². The van der Waals surface area contributed by atoms with E-state index in [1.54, 1.807) is 68.2 Å². The number of nitrogens with zero attached hydrogens (tertiary/aromatic N) is 15. The minimum atomic E-state index is -4.42. The molecule has 9 atom stereocenters. The van der Waals surface area contributed by atoms with Crippen LogP contribution in [-0.4, -0.2) is 136 Å². The number of rotatable bonds is 13. The molecule has 0 saturated carbocycles. The van der Waals surface area contributed by atoms with Crippen LogP contribution in [0.15, 0.2) is 147 Å². The molecule has 9 unspecified atom stereocenters. The molecule has 19 nitrogen and oxygen atoms in total. The van der Waals surface area contributed by atoms with Crippen molar-refractivity contribution in [3.05, 3.63) is 209 Å². The van der Waals surface area contributed by atoms with Gasteiger partial charge in [0.2, 0.25) is 0 Å². The smallest absolute Gasteiger partial charge is 0.417 e. The van der Waals surface area contributed by atoms with Crippen LogP contribution in [-0.2, 0) is 37.8 Å². The summed E-state index contributed by atoms with van der Waals surface area (Å²) in [5, 5.41) is 16.2. The summed E-state index contributed by atoms with van der Waals surface area (Å²) >= 11 is 0. The number of hydrogen-bond acceptors (Lipinski definition) is 14. The lowest BCUT2D eigenvalue weighted by Gasteiger charge is -2.25. The molecule has 9 aromatic rings. The Morgan fingerprint density at radius 2 is 0.990 bits per heavy atom. The molecule has 3 amide bonds. The molecule has 0 radical (unpaired) electrons. The van der Waals surface area contributed by atoms with Gasteiger partial charge in [-0.3, -0.25) is 29.3 Å². The average Bonchev–Trinajstić information content (AvgIpc) is 1.61. The van der Waals surface area contributed by atoms with Gasteiger partial charge >= 0.3 is 18.5 Å². The number of fused-ring (bicyclic) bond motifs is 6. The number of halogens is 10. The number of aromatic nitrogens is 12. The summed E-state index contributed by atoms with van der Waals surface area (Å²) in [6.45, 7) is 1.85. The van der Waals surface area contributed by atoms with Gasteiger partial charge in [0, 0.05) is 96.1 Å². The van der Waals surface area contributed by atoms with Gasteiger partial charge < -0.3 is 19.4 Å². The quantitative estimate of drug-likeness (QED) is 0.0984. The number of pyridine rings is 4. The number of ether oxygens (including phenoxy) is 1. The summed E-state index contributed by atoms with van der Waals surface area (Å²) in [6.07, 6.45) is 7.82. The van der Waals surface area contributed by atoms with Gasteiger partial charge in [0.15, 0.2) is 11.6 Å². The molecule has 7 aromatic heterocycles. The molecule has 2 aromatic carbocycles. The van der Waals surface area contributed by atoms with Crippen molar-refractivity contribution in [3.63, 3.8) is 0 Å². The van der Waals surface area contributed by atoms with E-state index in [2.05, 4.69) is 50.4 Å². The summed E-state index contributed by atoms with van der Waals surface area (Å²) in [7, 11) is 1.55. The fraction of sp³-hybridized carbons (Fsp3) is 0.377. The van der Waals surface area contributed by atoms with E-state index < -0.39 is 41.0 Å². The molecule has 0 spiro atoms. The van der Waals surface area contributed by atoms with Crippen LogP contribution < -0.4 is 4.74 Å². The van der Waals surface area contributed by atoms with E-state index in [-0.39, 0.29) is 88.7 Å². The van der Waals surface area contributed by atoms with Crippen LogP contribution in [0.5, 0.6) is 5.75 Å². The first-order valence-corrected chi connectivity index (χ1v) is 32.0. The van der Waals surface area contributed by atoms with Gasteiger partial charge in [-0.15, -0.1) is 5.10 Å². The van der Waals surface area contributed by atoms with E-state index in [9.17, 15) is 58.3 Å². The SMILES string of the molecule is COc1ccc(C(=O)N2C3CCC2C(Cc2ccc(C(F)(F)F)cn2)C3)c(-n2nccn2)c1.Cc1ccc(C(=O)N2C3CCC2C(Cc2ccc(C(F)(F)F)cn2)C3)c(-n2ccnn2)n1.O=C(c1cccc(F)c1-c1ncccn1)N1C2CCC1C(Cc1ccc(C(F)(F)F)cn1)C2. The standard InChI is InChI=1S/C24H20F4N4O.C23H22F3N5O2.C22H21F3N6O/c25-19-4-1-3-18(21(19)22-29-9-2-10-30-22)23(33)32-17-7-8-20(32)14(12-17)11-16-6-5-15(13-31-16)24(26,27)28;1-33-18-5-6-19(21(12-18)31-28-8-9-29-31)22(32)30-17-4-7-20(30)14(11-17)10-16-3-2-15(13-27-16)23(24,25)26;1-13-2-6-18(20(28-13)30-9-8-27-29-30)21(32)31-17-5-7-19(31)14(11-17)10-16-4-3-15(12-26-16)22(23,24)25/h1-6,9-10,13-14,17,20H,7-8,11-12H2;2-3,5-6,8-9,12-14,17,20H,4,7,10-11H2,1H3;2-4,6,8-9,12,14,17,19H,5,7,10-11H2,1H3. The predicted molar refractivity (Wildman–Crippen MR) is 331 cm³/mol. The Bertz CT molecular complexity index is 4320. The minimum absolute atomic E-state index is 0.00903. The highest BCUT2D eigenvalue weighted by atomic mass is 19.4. The highest BCUT2D eigenvalue weighted by molar-refractivity contribution is 6.01. The zero-order valence-electron chi connectivity index (χ0n) is 52.7. The second-order valence-corrected chi connectivity index (χ2v) is 25.3. The van der Waals surface area contributed by atoms with Crippen LogP contribution in [0.25, 0.3) is 22.9 Å². The molecule has 6 bridgehead atoms. The van der Waals surface area contributed by atoms with E-state index in [4.69, 9.17) is 4.74 Å². The number of aryl methyl sites for hydroxylation is 1. The molecule has 6 aliphatic rings. The average molecular weight is 1360 g/mol. The number of methoxy groups -OCH3 is 1. The van der Waals surface area contributed by atoms with Gasteiger partial charge in [-0.05, 0) is 181 Å². The van der Waals surface area contributed by atoms with Gasteiger partial charge in [-0.1, -0.05) is 11.3 Å². The molecule has 6 saturated heterocycles.